The molecule has 0 aliphatic carbocycles. The summed E-state index contributed by atoms with van der Waals surface area (Å²) in [5.74, 6) is -1.16. The molecule has 40 heavy (non-hydrogen) atoms. The number of aryl methyl sites for hydroxylation is 1. The second kappa shape index (κ2) is 13.2. The minimum absolute atomic E-state index is 0.0294. The predicted molar refractivity (Wildman–Crippen MR) is 152 cm³/mol. The van der Waals surface area contributed by atoms with Crippen LogP contribution in [0.2, 0.25) is 5.02 Å². The Bertz CT molecular complexity index is 1590. The Labute approximate surface area is 237 Å². The van der Waals surface area contributed by atoms with Crippen molar-refractivity contribution < 1.29 is 22.4 Å². The van der Waals surface area contributed by atoms with Crippen molar-refractivity contribution in [3.8, 4) is 0 Å². The van der Waals surface area contributed by atoms with Gasteiger partial charge < -0.3 is 9.73 Å². The van der Waals surface area contributed by atoms with E-state index in [1.54, 1.807) is 60.7 Å². The normalized spacial score (nSPS) is 11.6. The molecule has 3 aromatic carbocycles. The number of hydrogen-bond acceptors (Lipinski definition) is 6. The van der Waals surface area contributed by atoms with Crippen LogP contribution in [-0.2, 0) is 39.2 Å². The number of rotatable bonds is 10. The number of nitrogens with one attached hydrogen (secondary N) is 2. The Kier molecular flexibility index (Phi) is 9.49. The predicted octanol–water partition coefficient (Wildman–Crippen LogP) is 4.40. The number of carbonyl (C=O) groups excluding carboxylic acids is 2. The monoisotopic (exact) mass is 578 g/mol. The minimum atomic E-state index is -3.84. The highest BCUT2D eigenvalue weighted by molar-refractivity contribution is 7.89. The fourth-order valence-corrected chi connectivity index (χ4v) is 5.19. The van der Waals surface area contributed by atoms with Gasteiger partial charge in [0.2, 0.25) is 10.0 Å². The number of amides is 2. The number of hydrogen-bond donors (Lipinski definition) is 2. The first-order chi connectivity index (χ1) is 19.2. The fourth-order valence-electron chi connectivity index (χ4n) is 3.67. The van der Waals surface area contributed by atoms with Gasteiger partial charge in [0, 0.05) is 18.1 Å². The van der Waals surface area contributed by atoms with Crippen LogP contribution in [0.3, 0.4) is 0 Å². The smallest absolute Gasteiger partial charge is 0.329 e. The van der Waals surface area contributed by atoms with Gasteiger partial charge in [-0.2, -0.15) is 9.41 Å². The van der Waals surface area contributed by atoms with Gasteiger partial charge in [0.05, 0.1) is 17.7 Å². The fraction of sp³-hybridized carbons (Fsp3) is 0.138. The molecule has 4 rings (SSSR count). The number of benzene rings is 3. The summed E-state index contributed by atoms with van der Waals surface area (Å²) in [6.07, 6.45) is 1.23. The van der Waals surface area contributed by atoms with Crippen LogP contribution in [0, 0.1) is 6.92 Å². The first kappa shape index (κ1) is 28.8. The molecule has 0 fully saturated rings. The van der Waals surface area contributed by atoms with Crippen molar-refractivity contribution in [2.24, 2.45) is 5.10 Å². The molecule has 1 aromatic heterocycles. The third kappa shape index (κ3) is 7.89. The highest BCUT2D eigenvalue weighted by Gasteiger charge is 2.26. The molecule has 11 heteroatoms. The van der Waals surface area contributed by atoms with Crippen molar-refractivity contribution in [2.45, 2.75) is 31.5 Å². The lowest BCUT2D eigenvalue weighted by Gasteiger charge is -2.21. The molecule has 0 aliphatic rings. The van der Waals surface area contributed by atoms with E-state index in [0.29, 0.717) is 10.8 Å². The van der Waals surface area contributed by atoms with Crippen LogP contribution < -0.4 is 10.7 Å². The molecule has 0 unspecified atom stereocenters. The van der Waals surface area contributed by atoms with Gasteiger partial charge >= 0.3 is 11.8 Å². The van der Waals surface area contributed by atoms with Crippen LogP contribution >= 0.6 is 11.6 Å². The van der Waals surface area contributed by atoms with Gasteiger partial charge in [0.15, 0.2) is 0 Å². The van der Waals surface area contributed by atoms with Crippen molar-refractivity contribution in [3.05, 3.63) is 124 Å². The summed E-state index contributed by atoms with van der Waals surface area (Å²) < 4.78 is 34.1. The lowest BCUT2D eigenvalue weighted by molar-refractivity contribution is -0.139. The van der Waals surface area contributed by atoms with Gasteiger partial charge in [-0.3, -0.25) is 9.59 Å². The van der Waals surface area contributed by atoms with Crippen molar-refractivity contribution in [3.63, 3.8) is 0 Å². The molecule has 0 atom stereocenters. The maximum absolute atomic E-state index is 13.5. The van der Waals surface area contributed by atoms with Gasteiger partial charge in [0.25, 0.3) is 0 Å². The standard InChI is InChI=1S/C29H27ClN4O5S/c1-21-7-15-27(16-8-21)40(37,38)34(19-23-5-3-2-4-6-23)20-26-14-13-25(39-26)18-32-33-29(36)28(35)31-17-22-9-11-24(30)12-10-22/h2-16,18H,17,19-20H2,1H3,(H,31,35)(H,33,36)/b32-18+. The van der Waals surface area contributed by atoms with E-state index in [9.17, 15) is 18.0 Å². The van der Waals surface area contributed by atoms with Crippen molar-refractivity contribution in [1.29, 1.82) is 0 Å². The van der Waals surface area contributed by atoms with E-state index in [1.165, 1.54) is 10.5 Å². The van der Waals surface area contributed by atoms with E-state index < -0.39 is 21.8 Å². The molecule has 0 aliphatic heterocycles. The van der Waals surface area contributed by atoms with Gasteiger partial charge in [-0.05, 0) is 54.4 Å². The topological polar surface area (TPSA) is 121 Å². The first-order valence-corrected chi connectivity index (χ1v) is 14.1. The molecule has 0 saturated heterocycles. The Hall–Kier alpha value is -4.25. The lowest BCUT2D eigenvalue weighted by atomic mass is 10.2. The SMILES string of the molecule is Cc1ccc(S(=O)(=O)N(Cc2ccccc2)Cc2ccc(/C=N/NC(=O)C(=O)NCc3ccc(Cl)cc3)o2)cc1. The van der Waals surface area contributed by atoms with Gasteiger partial charge in [-0.15, -0.1) is 0 Å². The Balaban J connectivity index is 1.39. The van der Waals surface area contributed by atoms with Crippen molar-refractivity contribution in [2.75, 3.05) is 0 Å². The largest absolute Gasteiger partial charge is 0.459 e. The zero-order chi connectivity index (χ0) is 28.5. The molecule has 9 nitrogen and oxygen atoms in total. The van der Waals surface area contributed by atoms with E-state index in [4.69, 9.17) is 16.0 Å². The molecule has 0 bridgehead atoms. The summed E-state index contributed by atoms with van der Waals surface area (Å²) in [7, 11) is -3.84. The second-order valence-electron chi connectivity index (χ2n) is 8.88. The van der Waals surface area contributed by atoms with Crippen molar-refractivity contribution in [1.82, 2.24) is 15.0 Å². The quantitative estimate of drug-likeness (QED) is 0.164. The number of carbonyl (C=O) groups is 2. The van der Waals surface area contributed by atoms with Crippen LogP contribution in [0.4, 0.5) is 0 Å². The highest BCUT2D eigenvalue weighted by atomic mass is 35.5. The molecule has 206 valence electrons. The van der Waals surface area contributed by atoms with Crippen molar-refractivity contribution >= 4 is 39.7 Å². The lowest BCUT2D eigenvalue weighted by Crippen LogP contribution is -2.37. The van der Waals surface area contributed by atoms with Crippen LogP contribution in [0.1, 0.15) is 28.2 Å². The average molecular weight is 579 g/mol. The van der Waals surface area contributed by atoms with Gasteiger partial charge in [-0.1, -0.05) is 71.8 Å². The van der Waals surface area contributed by atoms with E-state index in [1.807, 2.05) is 37.3 Å². The molecular weight excluding hydrogens is 552 g/mol. The van der Waals surface area contributed by atoms with Crippen LogP contribution in [-0.4, -0.2) is 30.8 Å². The third-order valence-electron chi connectivity index (χ3n) is 5.81. The van der Waals surface area contributed by atoms with Crippen LogP contribution in [0.5, 0.6) is 0 Å². The molecule has 4 aromatic rings. The minimum Gasteiger partial charge on any atom is -0.459 e. The number of hydrazone groups is 1. The second-order valence-corrected chi connectivity index (χ2v) is 11.3. The molecular formula is C29H27ClN4O5S. The zero-order valence-electron chi connectivity index (χ0n) is 21.6. The summed E-state index contributed by atoms with van der Waals surface area (Å²) in [5.41, 5.74) is 4.70. The van der Waals surface area contributed by atoms with E-state index in [0.717, 1.165) is 16.7 Å². The van der Waals surface area contributed by atoms with Crippen LogP contribution in [0.15, 0.2) is 105 Å². The Morgan fingerprint density at radius 3 is 2.27 bits per heavy atom. The van der Waals surface area contributed by atoms with Gasteiger partial charge in [-0.25, -0.2) is 13.8 Å². The van der Waals surface area contributed by atoms with E-state index >= 15 is 0 Å². The Morgan fingerprint density at radius 1 is 0.875 bits per heavy atom. The zero-order valence-corrected chi connectivity index (χ0v) is 23.2. The van der Waals surface area contributed by atoms with Crippen LogP contribution in [0.25, 0.3) is 0 Å². The molecule has 1 heterocycles. The number of halogens is 1. The third-order valence-corrected chi connectivity index (χ3v) is 7.86. The number of nitrogens with zero attached hydrogens (tertiary/aromatic N) is 2. The van der Waals surface area contributed by atoms with E-state index in [-0.39, 0.29) is 30.3 Å². The average Bonchev–Trinajstić information content (AvgIpc) is 3.40. The first-order valence-electron chi connectivity index (χ1n) is 12.3. The summed E-state index contributed by atoms with van der Waals surface area (Å²) >= 11 is 5.84. The number of furan rings is 1. The molecule has 0 spiro atoms. The molecule has 2 amide bonds. The summed E-state index contributed by atoms with van der Waals surface area (Å²) in [5, 5.41) is 6.82. The maximum Gasteiger partial charge on any atom is 0.329 e. The van der Waals surface area contributed by atoms with E-state index in [2.05, 4.69) is 15.8 Å². The highest BCUT2D eigenvalue weighted by Crippen LogP contribution is 2.22. The number of sulfonamides is 1. The molecule has 0 radical (unpaired) electrons. The summed E-state index contributed by atoms with van der Waals surface area (Å²) in [4.78, 5) is 24.2. The molecule has 2 N–H and O–H groups in total. The Morgan fingerprint density at radius 2 is 1.57 bits per heavy atom. The molecule has 0 saturated carbocycles. The van der Waals surface area contributed by atoms with Gasteiger partial charge in [0.1, 0.15) is 11.5 Å². The maximum atomic E-state index is 13.5. The summed E-state index contributed by atoms with van der Waals surface area (Å²) in [6.45, 7) is 2.15. The summed E-state index contributed by atoms with van der Waals surface area (Å²) in [6, 6.07) is 26.0.